The van der Waals surface area contributed by atoms with Gasteiger partial charge in [-0.15, -0.1) is 0 Å². The van der Waals surface area contributed by atoms with Crippen LogP contribution in [0.2, 0.25) is 0 Å². The fourth-order valence-corrected chi connectivity index (χ4v) is 1.91. The zero-order valence-corrected chi connectivity index (χ0v) is 10.6. The number of aliphatic hydroxyl groups is 1. The number of likely N-dealkylation sites (N-methyl/N-ethyl adjacent to an activating group) is 1. The second-order valence-electron chi connectivity index (χ2n) is 4.00. The van der Waals surface area contributed by atoms with Crippen molar-refractivity contribution in [2.24, 2.45) is 5.73 Å². The van der Waals surface area contributed by atoms with Crippen molar-refractivity contribution in [2.45, 2.75) is 20.8 Å². The van der Waals surface area contributed by atoms with Gasteiger partial charge in [-0.3, -0.25) is 5.41 Å². The van der Waals surface area contributed by atoms with Crippen molar-refractivity contribution in [3.63, 3.8) is 0 Å². The first-order valence-corrected chi connectivity index (χ1v) is 5.69. The van der Waals surface area contributed by atoms with E-state index in [9.17, 15) is 0 Å². The number of nitrogens with two attached hydrogens (primary N) is 1. The molecule has 1 rings (SSSR count). The molecule has 0 fully saturated rings. The first-order valence-electron chi connectivity index (χ1n) is 5.69. The zero-order chi connectivity index (χ0) is 13.0. The molecule has 0 unspecified atom stereocenters. The Bertz CT molecular complexity index is 417. The average Bonchev–Trinajstić information content (AvgIpc) is 2.23. The van der Waals surface area contributed by atoms with Gasteiger partial charge in [0.2, 0.25) is 0 Å². The fraction of sp³-hybridized carbons (Fsp3) is 0.500. The Hall–Kier alpha value is -1.62. The number of hydrogen-bond donors (Lipinski definition) is 3. The summed E-state index contributed by atoms with van der Waals surface area (Å²) in [4.78, 5) is 6.37. The van der Waals surface area contributed by atoms with Gasteiger partial charge in [0.1, 0.15) is 11.7 Å². The van der Waals surface area contributed by atoms with Crippen molar-refractivity contribution in [3.8, 4) is 0 Å². The Kier molecular flexibility index (Phi) is 4.45. The monoisotopic (exact) mass is 236 g/mol. The lowest BCUT2D eigenvalue weighted by molar-refractivity contribution is 0.302. The van der Waals surface area contributed by atoms with E-state index in [-0.39, 0.29) is 12.4 Å². The number of anilines is 1. The van der Waals surface area contributed by atoms with E-state index in [1.54, 1.807) is 0 Å². The van der Waals surface area contributed by atoms with Crippen LogP contribution in [-0.4, -0.2) is 35.6 Å². The smallest absolute Gasteiger partial charge is 0.140 e. The Labute approximate surface area is 102 Å². The number of pyridine rings is 1. The summed E-state index contributed by atoms with van der Waals surface area (Å²) in [5.41, 5.74) is 8.10. The Morgan fingerprint density at radius 3 is 2.65 bits per heavy atom. The van der Waals surface area contributed by atoms with Crippen LogP contribution < -0.4 is 10.6 Å². The molecule has 0 atom stereocenters. The van der Waals surface area contributed by atoms with Crippen LogP contribution in [0.25, 0.3) is 0 Å². The van der Waals surface area contributed by atoms with Gasteiger partial charge in [0.25, 0.3) is 0 Å². The van der Waals surface area contributed by atoms with E-state index in [1.807, 2.05) is 31.7 Å². The van der Waals surface area contributed by atoms with Crippen molar-refractivity contribution in [1.29, 1.82) is 5.41 Å². The van der Waals surface area contributed by atoms with Crippen LogP contribution in [-0.2, 0) is 0 Å². The quantitative estimate of drug-likeness (QED) is 0.521. The third-order valence-electron chi connectivity index (χ3n) is 2.65. The lowest BCUT2D eigenvalue weighted by Gasteiger charge is -2.24. The predicted octanol–water partition coefficient (Wildman–Crippen LogP) is 0.801. The van der Waals surface area contributed by atoms with Crippen LogP contribution >= 0.6 is 0 Å². The highest BCUT2D eigenvalue weighted by molar-refractivity contribution is 6.01. The SMILES string of the molecule is CCN(CCO)c1nc(C)cc(C)c1C(=N)N. The molecule has 0 spiro atoms. The van der Waals surface area contributed by atoms with Gasteiger partial charge in [0, 0.05) is 18.8 Å². The van der Waals surface area contributed by atoms with Gasteiger partial charge < -0.3 is 15.7 Å². The molecular weight excluding hydrogens is 216 g/mol. The maximum absolute atomic E-state index is 9.04. The molecule has 5 heteroatoms. The average molecular weight is 236 g/mol. The standard InChI is InChI=1S/C12H20N4O/c1-4-16(5-6-17)12-10(11(13)14)8(2)7-9(3)15-12/h7,17H,4-6H2,1-3H3,(H3,13,14). The number of aryl methyl sites for hydroxylation is 2. The van der Waals surface area contributed by atoms with Crippen LogP contribution in [0.1, 0.15) is 23.7 Å². The zero-order valence-electron chi connectivity index (χ0n) is 10.6. The molecule has 0 amide bonds. The van der Waals surface area contributed by atoms with Crippen molar-refractivity contribution >= 4 is 11.7 Å². The Morgan fingerprint density at radius 2 is 2.18 bits per heavy atom. The van der Waals surface area contributed by atoms with Gasteiger partial charge in [0.15, 0.2) is 0 Å². The van der Waals surface area contributed by atoms with Gasteiger partial charge in [-0.1, -0.05) is 0 Å². The van der Waals surface area contributed by atoms with Crippen molar-refractivity contribution in [3.05, 3.63) is 22.9 Å². The normalized spacial score (nSPS) is 10.4. The summed E-state index contributed by atoms with van der Waals surface area (Å²) in [6.07, 6.45) is 0. The molecule has 0 aliphatic rings. The van der Waals surface area contributed by atoms with Gasteiger partial charge in [0.05, 0.1) is 12.2 Å². The summed E-state index contributed by atoms with van der Waals surface area (Å²) >= 11 is 0. The Morgan fingerprint density at radius 1 is 1.53 bits per heavy atom. The molecule has 5 nitrogen and oxygen atoms in total. The predicted molar refractivity (Wildman–Crippen MR) is 69.7 cm³/mol. The second-order valence-corrected chi connectivity index (χ2v) is 4.00. The van der Waals surface area contributed by atoms with Crippen LogP contribution in [0, 0.1) is 19.3 Å². The maximum Gasteiger partial charge on any atom is 0.140 e. The summed E-state index contributed by atoms with van der Waals surface area (Å²) < 4.78 is 0. The molecule has 1 aromatic heterocycles. The summed E-state index contributed by atoms with van der Waals surface area (Å²) in [6.45, 7) is 7.08. The van der Waals surface area contributed by atoms with Gasteiger partial charge >= 0.3 is 0 Å². The first-order chi connectivity index (χ1) is 8.01. The minimum absolute atomic E-state index is 0.0152. The largest absolute Gasteiger partial charge is 0.395 e. The number of nitrogen functional groups attached to an aromatic ring is 1. The highest BCUT2D eigenvalue weighted by Crippen LogP contribution is 2.21. The molecule has 1 heterocycles. The number of nitrogens with one attached hydrogen (secondary N) is 1. The minimum Gasteiger partial charge on any atom is -0.395 e. The number of nitrogens with zero attached hydrogens (tertiary/aromatic N) is 2. The van der Waals surface area contributed by atoms with Crippen LogP contribution in [0.5, 0.6) is 0 Å². The summed E-state index contributed by atoms with van der Waals surface area (Å²) in [5, 5.41) is 16.7. The molecule has 0 bridgehead atoms. The molecule has 0 saturated carbocycles. The highest BCUT2D eigenvalue weighted by Gasteiger charge is 2.16. The van der Waals surface area contributed by atoms with Crippen molar-refractivity contribution < 1.29 is 5.11 Å². The van der Waals surface area contributed by atoms with Gasteiger partial charge in [-0.2, -0.15) is 0 Å². The molecule has 0 saturated heterocycles. The van der Waals surface area contributed by atoms with E-state index in [4.69, 9.17) is 16.2 Å². The van der Waals surface area contributed by atoms with E-state index >= 15 is 0 Å². The number of aromatic nitrogens is 1. The van der Waals surface area contributed by atoms with Crippen LogP contribution in [0.15, 0.2) is 6.07 Å². The van der Waals surface area contributed by atoms with E-state index in [0.29, 0.717) is 17.9 Å². The third kappa shape index (κ3) is 2.94. The molecular formula is C12H20N4O. The number of rotatable bonds is 5. The maximum atomic E-state index is 9.04. The number of hydrogen-bond acceptors (Lipinski definition) is 4. The van der Waals surface area contributed by atoms with Crippen molar-refractivity contribution in [2.75, 3.05) is 24.6 Å². The van der Waals surface area contributed by atoms with Gasteiger partial charge in [-0.25, -0.2) is 4.98 Å². The fourth-order valence-electron chi connectivity index (χ4n) is 1.91. The van der Waals surface area contributed by atoms with Crippen LogP contribution in [0.4, 0.5) is 5.82 Å². The lowest BCUT2D eigenvalue weighted by Crippen LogP contribution is -2.30. The van der Waals surface area contributed by atoms with Gasteiger partial charge in [-0.05, 0) is 32.4 Å². The molecule has 0 aliphatic heterocycles. The number of aliphatic hydroxyl groups excluding tert-OH is 1. The first kappa shape index (κ1) is 13.4. The summed E-state index contributed by atoms with van der Waals surface area (Å²) in [6, 6.07) is 1.91. The summed E-state index contributed by atoms with van der Waals surface area (Å²) in [5.74, 6) is 0.702. The molecule has 0 radical (unpaired) electrons. The molecule has 94 valence electrons. The number of amidine groups is 1. The topological polar surface area (TPSA) is 86.2 Å². The summed E-state index contributed by atoms with van der Waals surface area (Å²) in [7, 11) is 0. The molecule has 0 aromatic carbocycles. The third-order valence-corrected chi connectivity index (χ3v) is 2.65. The molecule has 0 aliphatic carbocycles. The molecule has 4 N–H and O–H groups in total. The van der Waals surface area contributed by atoms with E-state index < -0.39 is 0 Å². The van der Waals surface area contributed by atoms with E-state index in [1.165, 1.54) is 0 Å². The highest BCUT2D eigenvalue weighted by atomic mass is 16.3. The minimum atomic E-state index is 0.0152. The van der Waals surface area contributed by atoms with E-state index in [0.717, 1.165) is 17.8 Å². The van der Waals surface area contributed by atoms with Crippen LogP contribution in [0.3, 0.4) is 0 Å². The van der Waals surface area contributed by atoms with E-state index in [2.05, 4.69) is 4.98 Å². The lowest BCUT2D eigenvalue weighted by atomic mass is 10.1. The molecule has 17 heavy (non-hydrogen) atoms. The van der Waals surface area contributed by atoms with Crippen molar-refractivity contribution in [1.82, 2.24) is 4.98 Å². The molecule has 1 aromatic rings. The second kappa shape index (κ2) is 5.63. The Balaban J connectivity index is 3.32.